The molecule has 0 aliphatic carbocycles. The number of hydrogen-bond acceptors (Lipinski definition) is 4. The smallest absolute Gasteiger partial charge is 0.240 e. The number of fused-ring (bicyclic) bond motifs is 1. The Bertz CT molecular complexity index is 307. The van der Waals surface area contributed by atoms with Crippen molar-refractivity contribution >= 4 is 23.7 Å². The van der Waals surface area contributed by atoms with Gasteiger partial charge in [0.15, 0.2) is 0 Å². The number of nitrogens with zero attached hydrogens (tertiary/aromatic N) is 2. The van der Waals surface area contributed by atoms with Crippen LogP contribution in [0.2, 0.25) is 0 Å². The number of carbonyl (C=O) groups excluding carboxylic acids is 2. The molecular formula is C7H6N2O2S. The van der Waals surface area contributed by atoms with Gasteiger partial charge in [-0.25, -0.2) is 4.79 Å². The van der Waals surface area contributed by atoms with E-state index in [0.717, 1.165) is 0 Å². The maximum Gasteiger partial charge on any atom is 0.240 e. The number of β-lactam (4-membered cyclic amide) rings is 1. The van der Waals surface area contributed by atoms with Gasteiger partial charge in [0.1, 0.15) is 0 Å². The lowest BCUT2D eigenvalue weighted by Crippen LogP contribution is -2.52. The zero-order valence-corrected chi connectivity index (χ0v) is 7.00. The third-order valence-electron chi connectivity index (χ3n) is 1.90. The first-order valence-corrected chi connectivity index (χ1v) is 4.47. The summed E-state index contributed by atoms with van der Waals surface area (Å²) in [6, 6.07) is 0. The molecule has 0 bridgehead atoms. The van der Waals surface area contributed by atoms with Crippen molar-refractivity contribution in [1.82, 2.24) is 4.90 Å². The van der Waals surface area contributed by atoms with Crippen LogP contribution in [0.5, 0.6) is 0 Å². The normalized spacial score (nSPS) is 26.7. The van der Waals surface area contributed by atoms with Crippen molar-refractivity contribution in [2.45, 2.75) is 11.8 Å². The van der Waals surface area contributed by atoms with E-state index < -0.39 is 0 Å². The maximum atomic E-state index is 11.0. The van der Waals surface area contributed by atoms with Gasteiger partial charge >= 0.3 is 0 Å². The highest BCUT2D eigenvalue weighted by Gasteiger charge is 2.38. The largest absolute Gasteiger partial charge is 0.324 e. The number of amides is 1. The molecule has 0 unspecified atom stereocenters. The Balaban J connectivity index is 2.12. The Labute approximate surface area is 73.3 Å². The van der Waals surface area contributed by atoms with E-state index in [1.54, 1.807) is 4.90 Å². The molecule has 0 saturated carbocycles. The molecule has 0 N–H and O–H groups in total. The van der Waals surface area contributed by atoms with Gasteiger partial charge in [0.05, 0.1) is 24.0 Å². The molecule has 62 valence electrons. The second-order valence-electron chi connectivity index (χ2n) is 2.63. The molecule has 2 aliphatic rings. The summed E-state index contributed by atoms with van der Waals surface area (Å²) in [5.41, 5.74) is 0.624. The van der Waals surface area contributed by atoms with Gasteiger partial charge in [0.25, 0.3) is 0 Å². The topological polar surface area (TPSA) is 49.7 Å². The molecule has 0 aromatic carbocycles. The van der Waals surface area contributed by atoms with Gasteiger partial charge in [-0.15, -0.1) is 11.8 Å². The molecule has 5 heteroatoms. The lowest BCUT2D eigenvalue weighted by atomic mass is 10.2. The van der Waals surface area contributed by atoms with Crippen LogP contribution in [-0.4, -0.2) is 28.8 Å². The van der Waals surface area contributed by atoms with Crippen molar-refractivity contribution in [3.63, 3.8) is 0 Å². The van der Waals surface area contributed by atoms with E-state index >= 15 is 0 Å². The van der Waals surface area contributed by atoms with Crippen LogP contribution in [0.3, 0.4) is 0 Å². The molecule has 1 saturated heterocycles. The Hall–Kier alpha value is -1.06. The zero-order chi connectivity index (χ0) is 8.55. The molecule has 1 fully saturated rings. The van der Waals surface area contributed by atoms with Crippen LogP contribution in [0, 0.1) is 0 Å². The van der Waals surface area contributed by atoms with E-state index in [4.69, 9.17) is 0 Å². The monoisotopic (exact) mass is 182 g/mol. The number of rotatable bonds is 1. The van der Waals surface area contributed by atoms with Crippen LogP contribution < -0.4 is 0 Å². The molecular weight excluding hydrogens is 176 g/mol. The Morgan fingerprint density at radius 3 is 3.25 bits per heavy atom. The van der Waals surface area contributed by atoms with Gasteiger partial charge < -0.3 is 4.90 Å². The number of isocyanates is 1. The second kappa shape index (κ2) is 2.77. The first-order valence-electron chi connectivity index (χ1n) is 3.53. The van der Waals surface area contributed by atoms with Crippen molar-refractivity contribution < 1.29 is 9.59 Å². The summed E-state index contributed by atoms with van der Waals surface area (Å²) in [6.07, 6.45) is 2.08. The second-order valence-corrected chi connectivity index (χ2v) is 3.68. The highest BCUT2D eigenvalue weighted by Crippen LogP contribution is 2.35. The van der Waals surface area contributed by atoms with E-state index in [-0.39, 0.29) is 11.3 Å². The minimum atomic E-state index is 0.138. The third-order valence-corrected chi connectivity index (χ3v) is 3.04. The predicted octanol–water partition coefficient (Wildman–Crippen LogP) is 0.469. The first kappa shape index (κ1) is 7.58. The molecule has 1 atom stereocenters. The molecule has 2 heterocycles. The van der Waals surface area contributed by atoms with Gasteiger partial charge in [0, 0.05) is 0 Å². The zero-order valence-electron chi connectivity index (χ0n) is 6.19. The standard InChI is InChI=1S/C7H6N2O2S/c10-4-8-5-2-9-6(11)1-7(9)12-3-5/h3,7H,1-2H2/t7-/m1/s1. The summed E-state index contributed by atoms with van der Waals surface area (Å²) in [6.45, 7) is 0.464. The van der Waals surface area contributed by atoms with Crippen LogP contribution in [0.4, 0.5) is 0 Å². The van der Waals surface area contributed by atoms with E-state index in [1.807, 2.05) is 5.41 Å². The fourth-order valence-electron chi connectivity index (χ4n) is 1.23. The lowest BCUT2D eigenvalue weighted by molar-refractivity contribution is -0.140. The summed E-state index contributed by atoms with van der Waals surface area (Å²) in [4.78, 5) is 26.1. The van der Waals surface area contributed by atoms with Crippen LogP contribution in [0.1, 0.15) is 6.42 Å². The van der Waals surface area contributed by atoms with Crippen molar-refractivity contribution in [2.75, 3.05) is 6.54 Å². The summed E-state index contributed by atoms with van der Waals surface area (Å²) in [5.74, 6) is 0.138. The molecule has 12 heavy (non-hydrogen) atoms. The summed E-state index contributed by atoms with van der Waals surface area (Å²) in [5, 5.41) is 2.10. The van der Waals surface area contributed by atoms with Crippen molar-refractivity contribution in [2.24, 2.45) is 4.99 Å². The molecule has 0 aromatic rings. The van der Waals surface area contributed by atoms with E-state index in [2.05, 4.69) is 4.99 Å². The summed E-state index contributed by atoms with van der Waals surface area (Å²) in [7, 11) is 0. The molecule has 2 aliphatic heterocycles. The summed E-state index contributed by atoms with van der Waals surface area (Å²) >= 11 is 1.54. The van der Waals surface area contributed by atoms with Crippen molar-refractivity contribution in [1.29, 1.82) is 0 Å². The molecule has 4 nitrogen and oxygen atoms in total. The van der Waals surface area contributed by atoms with E-state index in [1.165, 1.54) is 17.8 Å². The number of aliphatic imine (C=N–C) groups is 1. The fourth-order valence-corrected chi connectivity index (χ4v) is 2.25. The average Bonchev–Trinajstić information content (AvgIpc) is 2.07. The minimum absolute atomic E-state index is 0.138. The van der Waals surface area contributed by atoms with E-state index in [9.17, 15) is 9.59 Å². The van der Waals surface area contributed by atoms with Gasteiger partial charge in [-0.3, -0.25) is 4.79 Å². The Morgan fingerprint density at radius 1 is 1.75 bits per heavy atom. The third kappa shape index (κ3) is 1.07. The first-order chi connectivity index (χ1) is 5.81. The van der Waals surface area contributed by atoms with Crippen LogP contribution in [-0.2, 0) is 9.59 Å². The Morgan fingerprint density at radius 2 is 2.58 bits per heavy atom. The van der Waals surface area contributed by atoms with Crippen LogP contribution >= 0.6 is 11.8 Å². The summed E-state index contributed by atoms with van der Waals surface area (Å²) < 4.78 is 0. The highest BCUT2D eigenvalue weighted by molar-refractivity contribution is 8.02. The van der Waals surface area contributed by atoms with Gasteiger partial charge in [0.2, 0.25) is 12.0 Å². The average molecular weight is 182 g/mol. The number of thioether (sulfide) groups is 1. The van der Waals surface area contributed by atoms with E-state index in [0.29, 0.717) is 18.7 Å². The van der Waals surface area contributed by atoms with Crippen LogP contribution in [0.25, 0.3) is 0 Å². The number of hydrogen-bond donors (Lipinski definition) is 0. The SMILES string of the molecule is O=C=NC1=CS[C@@H]2CC(=O)N2C1. The molecule has 1 amide bonds. The van der Waals surface area contributed by atoms with Gasteiger partial charge in [-0.05, 0) is 5.41 Å². The minimum Gasteiger partial charge on any atom is -0.324 e. The highest BCUT2D eigenvalue weighted by atomic mass is 32.2. The van der Waals surface area contributed by atoms with Crippen molar-refractivity contribution in [3.05, 3.63) is 11.1 Å². The molecule has 2 rings (SSSR count). The predicted molar refractivity (Wildman–Crippen MR) is 43.9 cm³/mol. The molecule has 0 aromatic heterocycles. The Kier molecular flexibility index (Phi) is 1.75. The van der Waals surface area contributed by atoms with Crippen molar-refractivity contribution in [3.8, 4) is 0 Å². The molecule has 0 spiro atoms. The lowest BCUT2D eigenvalue weighted by Gasteiger charge is -2.41. The van der Waals surface area contributed by atoms with Gasteiger partial charge in [-0.1, -0.05) is 0 Å². The molecule has 0 radical (unpaired) electrons. The van der Waals surface area contributed by atoms with Gasteiger partial charge in [-0.2, -0.15) is 4.99 Å². The fraction of sp³-hybridized carbons (Fsp3) is 0.429. The number of carbonyl (C=O) groups is 1. The quantitative estimate of drug-likeness (QED) is 0.336. The maximum absolute atomic E-state index is 11.0. The van der Waals surface area contributed by atoms with Crippen LogP contribution in [0.15, 0.2) is 16.1 Å².